The predicted molar refractivity (Wildman–Crippen MR) is 63.7 cm³/mol. The van der Waals surface area contributed by atoms with Gasteiger partial charge in [-0.05, 0) is 31.4 Å². The Morgan fingerprint density at radius 1 is 1.65 bits per heavy atom. The largest absolute Gasteiger partial charge is 0.467 e. The minimum absolute atomic E-state index is 0.321. The summed E-state index contributed by atoms with van der Waals surface area (Å²) < 4.78 is 10.1. The molecule has 1 saturated heterocycles. The Kier molecular flexibility index (Phi) is 3.84. The van der Waals surface area contributed by atoms with Gasteiger partial charge < -0.3 is 9.15 Å². The van der Waals surface area contributed by atoms with Crippen LogP contribution >= 0.6 is 0 Å². The molecule has 2 rings (SSSR count). The summed E-state index contributed by atoms with van der Waals surface area (Å²) in [5, 5.41) is 0. The van der Waals surface area contributed by atoms with Gasteiger partial charge in [0.25, 0.3) is 0 Å². The lowest BCUT2D eigenvalue weighted by Crippen LogP contribution is -2.34. The quantitative estimate of drug-likeness (QED) is 0.756. The number of hydrogen-bond donors (Lipinski definition) is 0. The highest BCUT2D eigenvalue weighted by Crippen LogP contribution is 2.20. The van der Waals surface area contributed by atoms with Crippen LogP contribution in [-0.4, -0.2) is 31.1 Å². The minimum Gasteiger partial charge on any atom is -0.467 e. The standard InChI is InChI=1S/C13H19NO3/c1-10-4-3-6-14(8-10)9-12-11(5-7-17-12)13(15)16-2/h5,7,10H,3-4,6,8-9H2,1-2H3/t10-/m0/s1. The normalized spacial score (nSPS) is 21.4. The fraction of sp³-hybridized carbons (Fsp3) is 0.615. The monoisotopic (exact) mass is 237 g/mol. The smallest absolute Gasteiger partial charge is 0.341 e. The van der Waals surface area contributed by atoms with E-state index in [1.807, 2.05) is 0 Å². The molecule has 1 aromatic rings. The van der Waals surface area contributed by atoms with E-state index in [0.29, 0.717) is 17.9 Å². The zero-order chi connectivity index (χ0) is 12.3. The summed E-state index contributed by atoms with van der Waals surface area (Å²) in [4.78, 5) is 13.8. The lowest BCUT2D eigenvalue weighted by Gasteiger charge is -2.30. The van der Waals surface area contributed by atoms with Crippen molar-refractivity contribution in [2.24, 2.45) is 5.92 Å². The molecule has 1 aliphatic rings. The summed E-state index contributed by atoms with van der Waals surface area (Å²) in [6, 6.07) is 1.68. The third-order valence-corrected chi connectivity index (χ3v) is 3.26. The molecule has 0 bridgehead atoms. The number of hydrogen-bond acceptors (Lipinski definition) is 4. The first kappa shape index (κ1) is 12.2. The second-order valence-corrected chi connectivity index (χ2v) is 4.73. The van der Waals surface area contributed by atoms with Crippen LogP contribution in [0.2, 0.25) is 0 Å². The number of carbonyl (C=O) groups excluding carboxylic acids is 1. The zero-order valence-electron chi connectivity index (χ0n) is 10.4. The van der Waals surface area contributed by atoms with Gasteiger partial charge in [0.1, 0.15) is 11.3 Å². The average Bonchev–Trinajstić information content (AvgIpc) is 2.76. The van der Waals surface area contributed by atoms with Gasteiger partial charge in [0.15, 0.2) is 0 Å². The van der Waals surface area contributed by atoms with Gasteiger partial charge >= 0.3 is 5.97 Å². The molecule has 0 radical (unpaired) electrons. The second kappa shape index (κ2) is 5.36. The van der Waals surface area contributed by atoms with Crippen molar-refractivity contribution in [3.05, 3.63) is 23.7 Å². The Hall–Kier alpha value is -1.29. The minimum atomic E-state index is -0.321. The molecule has 0 N–H and O–H groups in total. The van der Waals surface area contributed by atoms with Crippen molar-refractivity contribution in [2.75, 3.05) is 20.2 Å². The number of likely N-dealkylation sites (tertiary alicyclic amines) is 1. The van der Waals surface area contributed by atoms with Crippen LogP contribution in [0.3, 0.4) is 0 Å². The number of nitrogens with zero attached hydrogens (tertiary/aromatic N) is 1. The number of piperidine rings is 1. The summed E-state index contributed by atoms with van der Waals surface area (Å²) in [5.41, 5.74) is 0.547. The molecule has 1 aromatic heterocycles. The maximum absolute atomic E-state index is 11.5. The molecule has 0 saturated carbocycles. The fourth-order valence-electron chi connectivity index (χ4n) is 2.39. The van der Waals surface area contributed by atoms with Crippen molar-refractivity contribution >= 4 is 5.97 Å². The van der Waals surface area contributed by atoms with E-state index >= 15 is 0 Å². The van der Waals surface area contributed by atoms with E-state index in [9.17, 15) is 4.79 Å². The van der Waals surface area contributed by atoms with Crippen molar-refractivity contribution in [2.45, 2.75) is 26.3 Å². The van der Waals surface area contributed by atoms with Crippen LogP contribution in [0.1, 0.15) is 35.9 Å². The Bertz CT molecular complexity index is 386. The van der Waals surface area contributed by atoms with Crippen LogP contribution in [0.5, 0.6) is 0 Å². The Balaban J connectivity index is 2.03. The van der Waals surface area contributed by atoms with Gasteiger partial charge in [-0.3, -0.25) is 4.90 Å². The number of ether oxygens (including phenoxy) is 1. The molecule has 1 aliphatic heterocycles. The second-order valence-electron chi connectivity index (χ2n) is 4.73. The van der Waals surface area contributed by atoms with E-state index in [1.54, 1.807) is 12.3 Å². The van der Waals surface area contributed by atoms with E-state index in [2.05, 4.69) is 11.8 Å². The van der Waals surface area contributed by atoms with Gasteiger partial charge in [-0.1, -0.05) is 6.92 Å². The Morgan fingerprint density at radius 2 is 2.47 bits per heavy atom. The number of rotatable bonds is 3. The highest BCUT2D eigenvalue weighted by atomic mass is 16.5. The maximum Gasteiger partial charge on any atom is 0.341 e. The third kappa shape index (κ3) is 2.88. The van der Waals surface area contributed by atoms with Crippen molar-refractivity contribution < 1.29 is 13.9 Å². The molecule has 1 atom stereocenters. The number of methoxy groups -OCH3 is 1. The molecule has 0 unspecified atom stereocenters. The first-order valence-electron chi connectivity index (χ1n) is 6.07. The average molecular weight is 237 g/mol. The summed E-state index contributed by atoms with van der Waals surface area (Å²) in [7, 11) is 1.39. The summed E-state index contributed by atoms with van der Waals surface area (Å²) >= 11 is 0. The lowest BCUT2D eigenvalue weighted by molar-refractivity contribution is 0.0595. The van der Waals surface area contributed by atoms with Crippen LogP contribution in [-0.2, 0) is 11.3 Å². The molecule has 0 amide bonds. The van der Waals surface area contributed by atoms with Gasteiger partial charge in [-0.2, -0.15) is 0 Å². The van der Waals surface area contributed by atoms with Crippen LogP contribution in [0.4, 0.5) is 0 Å². The Morgan fingerprint density at radius 3 is 3.18 bits per heavy atom. The molecule has 0 aromatic carbocycles. The van der Waals surface area contributed by atoms with Gasteiger partial charge in [-0.15, -0.1) is 0 Å². The number of carbonyl (C=O) groups is 1. The number of furan rings is 1. The first-order valence-corrected chi connectivity index (χ1v) is 6.07. The van der Waals surface area contributed by atoms with E-state index in [-0.39, 0.29) is 5.97 Å². The Labute approximate surface area is 102 Å². The van der Waals surface area contributed by atoms with E-state index in [1.165, 1.54) is 20.0 Å². The highest BCUT2D eigenvalue weighted by Gasteiger charge is 2.21. The summed E-state index contributed by atoms with van der Waals surface area (Å²) in [6.45, 7) is 5.10. The van der Waals surface area contributed by atoms with Crippen LogP contribution in [0.25, 0.3) is 0 Å². The fourth-order valence-corrected chi connectivity index (χ4v) is 2.39. The SMILES string of the molecule is COC(=O)c1ccoc1CN1CCC[C@H](C)C1. The predicted octanol–water partition coefficient (Wildman–Crippen LogP) is 2.30. The molecule has 17 heavy (non-hydrogen) atoms. The van der Waals surface area contributed by atoms with Crippen LogP contribution in [0, 0.1) is 5.92 Å². The van der Waals surface area contributed by atoms with Gasteiger partial charge in [0.2, 0.25) is 0 Å². The van der Waals surface area contributed by atoms with Crippen LogP contribution < -0.4 is 0 Å². The maximum atomic E-state index is 11.5. The molecule has 0 spiro atoms. The molecule has 0 aliphatic carbocycles. The molecular formula is C13H19NO3. The lowest BCUT2D eigenvalue weighted by atomic mass is 10.0. The van der Waals surface area contributed by atoms with Gasteiger partial charge in [0, 0.05) is 6.54 Å². The van der Waals surface area contributed by atoms with E-state index in [4.69, 9.17) is 9.15 Å². The van der Waals surface area contributed by atoms with Crippen LogP contribution in [0.15, 0.2) is 16.7 Å². The zero-order valence-corrected chi connectivity index (χ0v) is 10.4. The van der Waals surface area contributed by atoms with Gasteiger partial charge in [-0.25, -0.2) is 4.79 Å². The van der Waals surface area contributed by atoms with Crippen molar-refractivity contribution in [3.63, 3.8) is 0 Å². The highest BCUT2D eigenvalue weighted by molar-refractivity contribution is 5.90. The molecule has 2 heterocycles. The first-order chi connectivity index (χ1) is 8.20. The van der Waals surface area contributed by atoms with Crippen molar-refractivity contribution in [3.8, 4) is 0 Å². The summed E-state index contributed by atoms with van der Waals surface area (Å²) in [5.74, 6) is 1.12. The van der Waals surface area contributed by atoms with Crippen molar-refractivity contribution in [1.29, 1.82) is 0 Å². The molecular weight excluding hydrogens is 218 g/mol. The summed E-state index contributed by atoms with van der Waals surface area (Å²) in [6.07, 6.45) is 4.06. The van der Waals surface area contributed by atoms with E-state index in [0.717, 1.165) is 19.0 Å². The third-order valence-electron chi connectivity index (χ3n) is 3.26. The molecule has 1 fully saturated rings. The van der Waals surface area contributed by atoms with Gasteiger partial charge in [0.05, 0.1) is 19.9 Å². The molecule has 4 heteroatoms. The molecule has 4 nitrogen and oxygen atoms in total. The van der Waals surface area contributed by atoms with E-state index < -0.39 is 0 Å². The topological polar surface area (TPSA) is 42.7 Å². The number of esters is 1. The molecule has 94 valence electrons. The van der Waals surface area contributed by atoms with Crippen molar-refractivity contribution in [1.82, 2.24) is 4.90 Å².